The van der Waals surface area contributed by atoms with Crippen LogP contribution in [0.5, 0.6) is 5.75 Å². The van der Waals surface area contributed by atoms with Gasteiger partial charge in [0.25, 0.3) is 11.8 Å². The van der Waals surface area contributed by atoms with E-state index >= 15 is 0 Å². The van der Waals surface area contributed by atoms with Crippen LogP contribution in [0.1, 0.15) is 10.5 Å². The van der Waals surface area contributed by atoms with Crippen LogP contribution in [0.3, 0.4) is 0 Å². The molecule has 0 bridgehead atoms. The zero-order valence-electron chi connectivity index (χ0n) is 12.0. The fourth-order valence-corrected chi connectivity index (χ4v) is 1.68. The number of nitrogens with one attached hydrogen (secondary N) is 2. The number of rotatable bonds is 7. The first-order valence-corrected chi connectivity index (χ1v) is 6.89. The van der Waals surface area contributed by atoms with Crippen molar-refractivity contribution in [1.29, 1.82) is 0 Å². The largest absolute Gasteiger partial charge is 0.484 e. The number of benzene rings is 1. The second kappa shape index (κ2) is 8.41. The van der Waals surface area contributed by atoms with Gasteiger partial charge in [0.2, 0.25) is 0 Å². The molecule has 2 rings (SSSR count). The standard InChI is InChI=1S/C16H17N3O3/c20-15(12-22-13-6-2-1-3-7-13)18-10-11-19-16(21)14-8-4-5-9-17-14/h1-9H,10-12H2,(H,18,20)(H,19,21). The second-order valence-corrected chi connectivity index (χ2v) is 4.42. The summed E-state index contributed by atoms with van der Waals surface area (Å²) in [5.74, 6) is 0.132. The third-order valence-corrected chi connectivity index (χ3v) is 2.74. The van der Waals surface area contributed by atoms with E-state index in [1.165, 1.54) is 0 Å². The Morgan fingerprint density at radius 2 is 1.68 bits per heavy atom. The summed E-state index contributed by atoms with van der Waals surface area (Å²) in [6.45, 7) is 0.597. The van der Waals surface area contributed by atoms with Crippen LogP contribution in [0, 0.1) is 0 Å². The first-order chi connectivity index (χ1) is 10.8. The van der Waals surface area contributed by atoms with E-state index in [1.807, 2.05) is 18.2 Å². The minimum Gasteiger partial charge on any atom is -0.484 e. The Hall–Kier alpha value is -2.89. The van der Waals surface area contributed by atoms with Crippen molar-refractivity contribution in [2.75, 3.05) is 19.7 Å². The van der Waals surface area contributed by atoms with Crippen molar-refractivity contribution in [2.24, 2.45) is 0 Å². The van der Waals surface area contributed by atoms with Crippen LogP contribution in [0.4, 0.5) is 0 Å². The van der Waals surface area contributed by atoms with Gasteiger partial charge < -0.3 is 15.4 Å². The summed E-state index contributed by atoms with van der Waals surface area (Å²) in [4.78, 5) is 27.2. The predicted molar refractivity (Wildman–Crippen MR) is 81.5 cm³/mol. The lowest BCUT2D eigenvalue weighted by molar-refractivity contribution is -0.123. The molecule has 2 amide bonds. The molecular weight excluding hydrogens is 282 g/mol. The van der Waals surface area contributed by atoms with E-state index in [0.29, 0.717) is 24.5 Å². The van der Waals surface area contributed by atoms with Crippen LogP contribution in [0.2, 0.25) is 0 Å². The Bertz CT molecular complexity index is 603. The molecule has 1 aromatic carbocycles. The highest BCUT2D eigenvalue weighted by atomic mass is 16.5. The number of hydrogen-bond acceptors (Lipinski definition) is 4. The Labute approximate surface area is 128 Å². The first-order valence-electron chi connectivity index (χ1n) is 6.89. The molecule has 0 saturated heterocycles. The van der Waals surface area contributed by atoms with Gasteiger partial charge >= 0.3 is 0 Å². The van der Waals surface area contributed by atoms with Crippen LogP contribution in [0.25, 0.3) is 0 Å². The molecule has 2 N–H and O–H groups in total. The molecule has 1 aromatic heterocycles. The number of pyridine rings is 1. The molecule has 0 atom stereocenters. The van der Waals surface area contributed by atoms with Crippen molar-refractivity contribution in [2.45, 2.75) is 0 Å². The Morgan fingerprint density at radius 1 is 0.955 bits per heavy atom. The minimum absolute atomic E-state index is 0.0573. The molecule has 6 heteroatoms. The van der Waals surface area contributed by atoms with Crippen LogP contribution in [0.15, 0.2) is 54.7 Å². The first kappa shape index (κ1) is 15.5. The number of nitrogens with zero attached hydrogens (tertiary/aromatic N) is 1. The zero-order chi connectivity index (χ0) is 15.6. The Morgan fingerprint density at radius 3 is 2.41 bits per heavy atom. The lowest BCUT2D eigenvalue weighted by Gasteiger charge is -2.08. The summed E-state index contributed by atoms with van der Waals surface area (Å²) in [6.07, 6.45) is 1.55. The van der Waals surface area contributed by atoms with E-state index in [9.17, 15) is 9.59 Å². The smallest absolute Gasteiger partial charge is 0.269 e. The molecule has 0 radical (unpaired) electrons. The summed E-state index contributed by atoms with van der Waals surface area (Å²) in [5, 5.41) is 5.33. The van der Waals surface area contributed by atoms with Gasteiger partial charge in [-0.25, -0.2) is 0 Å². The molecule has 6 nitrogen and oxygen atoms in total. The summed E-state index contributed by atoms with van der Waals surface area (Å²) in [6, 6.07) is 14.2. The molecule has 2 aromatic rings. The topological polar surface area (TPSA) is 80.3 Å². The van der Waals surface area contributed by atoms with Crippen molar-refractivity contribution < 1.29 is 14.3 Å². The van der Waals surface area contributed by atoms with Crippen molar-refractivity contribution in [3.05, 3.63) is 60.4 Å². The fourth-order valence-electron chi connectivity index (χ4n) is 1.68. The van der Waals surface area contributed by atoms with E-state index in [-0.39, 0.29) is 18.4 Å². The lowest BCUT2D eigenvalue weighted by Crippen LogP contribution is -2.37. The summed E-state index contributed by atoms with van der Waals surface area (Å²) in [5.41, 5.74) is 0.348. The SMILES string of the molecule is O=C(COc1ccccc1)NCCNC(=O)c1ccccn1. The molecule has 0 aliphatic rings. The molecule has 0 saturated carbocycles. The molecule has 0 aliphatic carbocycles. The average Bonchev–Trinajstić information content (AvgIpc) is 2.58. The molecule has 0 aliphatic heterocycles. The molecule has 0 spiro atoms. The maximum Gasteiger partial charge on any atom is 0.269 e. The van der Waals surface area contributed by atoms with E-state index in [4.69, 9.17) is 4.74 Å². The third-order valence-electron chi connectivity index (χ3n) is 2.74. The van der Waals surface area contributed by atoms with Gasteiger partial charge in [-0.1, -0.05) is 24.3 Å². The number of aromatic nitrogens is 1. The zero-order valence-corrected chi connectivity index (χ0v) is 12.0. The Kier molecular flexibility index (Phi) is 5.92. The van der Waals surface area contributed by atoms with Crippen LogP contribution < -0.4 is 15.4 Å². The summed E-state index contributed by atoms with van der Waals surface area (Å²) in [7, 11) is 0. The minimum atomic E-state index is -0.268. The monoisotopic (exact) mass is 299 g/mol. The molecule has 114 valence electrons. The molecule has 0 fully saturated rings. The van der Waals surface area contributed by atoms with Crippen molar-refractivity contribution in [3.8, 4) is 5.75 Å². The lowest BCUT2D eigenvalue weighted by atomic mass is 10.3. The van der Waals surface area contributed by atoms with E-state index in [0.717, 1.165) is 0 Å². The number of carbonyl (C=O) groups excluding carboxylic acids is 2. The van der Waals surface area contributed by atoms with Gasteiger partial charge in [-0.15, -0.1) is 0 Å². The van der Waals surface area contributed by atoms with Crippen molar-refractivity contribution in [1.82, 2.24) is 15.6 Å². The number of ether oxygens (including phenoxy) is 1. The summed E-state index contributed by atoms with van der Waals surface area (Å²) >= 11 is 0. The van der Waals surface area contributed by atoms with Gasteiger partial charge in [0.1, 0.15) is 11.4 Å². The normalized spacial score (nSPS) is 9.82. The maximum atomic E-state index is 11.7. The fraction of sp³-hybridized carbons (Fsp3) is 0.188. The van der Waals surface area contributed by atoms with Crippen LogP contribution in [-0.2, 0) is 4.79 Å². The molecule has 1 heterocycles. The van der Waals surface area contributed by atoms with Gasteiger partial charge in [-0.3, -0.25) is 14.6 Å². The average molecular weight is 299 g/mol. The number of hydrogen-bond donors (Lipinski definition) is 2. The highest BCUT2D eigenvalue weighted by Gasteiger charge is 2.06. The van der Waals surface area contributed by atoms with Gasteiger partial charge in [0.05, 0.1) is 0 Å². The number of para-hydroxylation sites is 1. The molecule has 22 heavy (non-hydrogen) atoms. The Balaban J connectivity index is 1.60. The van der Waals surface area contributed by atoms with Gasteiger partial charge in [-0.2, -0.15) is 0 Å². The van der Waals surface area contributed by atoms with Crippen molar-refractivity contribution in [3.63, 3.8) is 0 Å². The van der Waals surface area contributed by atoms with Gasteiger partial charge in [-0.05, 0) is 24.3 Å². The highest BCUT2D eigenvalue weighted by Crippen LogP contribution is 2.07. The number of carbonyl (C=O) groups is 2. The summed E-state index contributed by atoms with van der Waals surface area (Å²) < 4.78 is 5.31. The predicted octanol–water partition coefficient (Wildman–Crippen LogP) is 1.01. The van der Waals surface area contributed by atoms with Crippen LogP contribution in [-0.4, -0.2) is 36.5 Å². The van der Waals surface area contributed by atoms with Crippen LogP contribution >= 0.6 is 0 Å². The van der Waals surface area contributed by atoms with Gasteiger partial charge in [0, 0.05) is 19.3 Å². The highest BCUT2D eigenvalue weighted by molar-refractivity contribution is 5.92. The van der Waals surface area contributed by atoms with E-state index in [2.05, 4.69) is 15.6 Å². The van der Waals surface area contributed by atoms with Crippen molar-refractivity contribution >= 4 is 11.8 Å². The maximum absolute atomic E-state index is 11.7. The molecule has 0 unspecified atom stereocenters. The molecular formula is C16H17N3O3. The number of amides is 2. The van der Waals surface area contributed by atoms with Gasteiger partial charge in [0.15, 0.2) is 6.61 Å². The third kappa shape index (κ3) is 5.24. The van der Waals surface area contributed by atoms with E-state index < -0.39 is 0 Å². The second-order valence-electron chi connectivity index (χ2n) is 4.42. The van der Waals surface area contributed by atoms with E-state index in [1.54, 1.807) is 36.5 Å². The quantitative estimate of drug-likeness (QED) is 0.748.